The van der Waals surface area contributed by atoms with Crippen molar-refractivity contribution in [2.24, 2.45) is 0 Å². The van der Waals surface area contributed by atoms with Crippen LogP contribution in [0.2, 0.25) is 5.28 Å². The number of hydrogen-bond donors (Lipinski definition) is 3. The predicted octanol–water partition coefficient (Wildman–Crippen LogP) is 7.98. The molecule has 6 aromatic heterocycles. The largest absolute Gasteiger partial charge is 0.495 e. The second-order valence-electron chi connectivity index (χ2n) is 19.8. The molecule has 2 aliphatic heterocycles. The van der Waals surface area contributed by atoms with Crippen molar-refractivity contribution >= 4 is 110 Å². The van der Waals surface area contributed by atoms with Crippen LogP contribution >= 0.6 is 11.6 Å². The van der Waals surface area contributed by atoms with Crippen LogP contribution in [0, 0.1) is 0 Å². The second-order valence-corrected chi connectivity index (χ2v) is 23.6. The Morgan fingerprint density at radius 3 is 1.83 bits per heavy atom. The third kappa shape index (κ3) is 12.1. The Bertz CT molecular complexity index is 4190. The van der Waals surface area contributed by atoms with E-state index in [-0.39, 0.29) is 26.8 Å². The number of halogens is 1. The molecule has 0 saturated carbocycles. The number of fused-ring (bicyclic) bond motifs is 4. The molecular weight excluding hydrogens is 1110 g/mol. The molecule has 8 heterocycles. The molecule has 2 aliphatic rings. The number of aromatic nitrogens is 9. The van der Waals surface area contributed by atoms with Crippen LogP contribution in [0.15, 0.2) is 150 Å². The van der Waals surface area contributed by atoms with Crippen LogP contribution in [0.1, 0.15) is 20.8 Å². The lowest BCUT2D eigenvalue weighted by Gasteiger charge is -2.36. The fraction of sp³-hybridized carbons (Fsp3) is 0.250. The number of piperazine rings is 2. The first-order chi connectivity index (χ1) is 39.4. The quantitative estimate of drug-likeness (QED) is 0.0864. The molecule has 0 unspecified atom stereocenters. The number of carbonyl (C=O) groups is 1. The molecule has 424 valence electrons. The van der Waals surface area contributed by atoms with Crippen LogP contribution in [0.25, 0.3) is 43.7 Å². The van der Waals surface area contributed by atoms with Crippen molar-refractivity contribution in [2.45, 2.75) is 36.2 Å². The lowest BCUT2D eigenvalue weighted by atomic mass is 10.2. The Morgan fingerprint density at radius 2 is 1.20 bits per heavy atom. The zero-order valence-corrected chi connectivity index (χ0v) is 47.7. The number of rotatable bonds is 10. The summed E-state index contributed by atoms with van der Waals surface area (Å²) in [6.07, 6.45) is 8.76. The van der Waals surface area contributed by atoms with Gasteiger partial charge in [-0.25, -0.2) is 14.8 Å². The van der Waals surface area contributed by atoms with E-state index in [0.717, 1.165) is 75.3 Å². The fourth-order valence-corrected chi connectivity index (χ4v) is 12.2. The number of benzene rings is 4. The number of carbonyl (C=O) groups excluding carboxylic acids is 1. The highest BCUT2D eigenvalue weighted by Gasteiger charge is 2.28. The summed E-state index contributed by atoms with van der Waals surface area (Å²) < 4.78 is 71.5. The maximum absolute atomic E-state index is 13.7. The van der Waals surface area contributed by atoms with Gasteiger partial charge in [0.25, 0.3) is 20.0 Å². The summed E-state index contributed by atoms with van der Waals surface area (Å²) in [6.45, 7) is 12.2. The Morgan fingerprint density at radius 1 is 0.634 bits per heavy atom. The lowest BCUT2D eigenvalue weighted by molar-refractivity contribution is 0.0240. The number of pyridine rings is 3. The highest BCUT2D eigenvalue weighted by Crippen LogP contribution is 2.34. The summed E-state index contributed by atoms with van der Waals surface area (Å²) in [4.78, 5) is 39.2. The van der Waals surface area contributed by atoms with Gasteiger partial charge in [0.2, 0.25) is 5.28 Å². The Kier molecular flexibility index (Phi) is 16.3. The van der Waals surface area contributed by atoms with Crippen molar-refractivity contribution in [3.63, 3.8) is 0 Å². The van der Waals surface area contributed by atoms with E-state index in [4.69, 9.17) is 31.5 Å². The molecule has 26 heteroatoms. The SMILES string of the molecule is COc1cc(N2CCN(C(=O)OC(C)(C)C)CC2)ccc1N.COc1cc(N2CCNCC2)ccc1Nc1cc2c(cn1)cnn2S(=O)(=O)c1cccc2cccnc12.O=S(=O)(c1cccc2cccnc12)n1ncc2cnc(Cl)nc21. The number of nitrogens with zero attached hydrogens (tertiary/aromatic N) is 12. The maximum atomic E-state index is 13.7. The van der Waals surface area contributed by atoms with Gasteiger partial charge in [0.1, 0.15) is 32.7 Å². The van der Waals surface area contributed by atoms with Gasteiger partial charge in [-0.1, -0.05) is 36.4 Å². The van der Waals surface area contributed by atoms with Crippen molar-refractivity contribution in [1.29, 1.82) is 0 Å². The van der Waals surface area contributed by atoms with Crippen LogP contribution in [0.4, 0.5) is 33.4 Å². The molecule has 0 aliphatic carbocycles. The fourth-order valence-electron chi connectivity index (χ4n) is 9.27. The number of nitrogens with one attached hydrogen (secondary N) is 2. The highest BCUT2D eigenvalue weighted by molar-refractivity contribution is 7.90. The number of amides is 1. The standard InChI is InChI=1S/C26H25N7O3S.C16H25N3O3.C14H8ClN5O2S/c1-36-23-14-20(32-12-10-27-11-13-32)7-8-21(23)31-25-15-22-19(16-29-25)17-30-33(22)37(34,35)24-6-2-4-18-5-3-9-28-26(18)24;1-16(2,3)22-15(20)19-9-7-18(8-10-19)12-5-6-13(17)14(11-12)21-4;15-14-17-7-10-8-18-20(13(10)19-14)23(21,22)11-5-1-3-9-4-2-6-16-12(9)11/h2-9,14-17,27H,10-13H2,1H3,(H,29,31);5-6,11H,7-10,17H2,1-4H3;1-8H. The smallest absolute Gasteiger partial charge is 0.410 e. The summed E-state index contributed by atoms with van der Waals surface area (Å²) in [6, 6.07) is 30.5. The van der Waals surface area contributed by atoms with Gasteiger partial charge >= 0.3 is 6.09 Å². The maximum Gasteiger partial charge on any atom is 0.410 e. The van der Waals surface area contributed by atoms with Crippen molar-refractivity contribution in [2.75, 3.05) is 87.4 Å². The highest BCUT2D eigenvalue weighted by atomic mass is 35.5. The van der Waals surface area contributed by atoms with E-state index in [2.05, 4.69) is 55.6 Å². The van der Waals surface area contributed by atoms with Crippen LogP contribution in [-0.2, 0) is 24.8 Å². The van der Waals surface area contributed by atoms with Gasteiger partial charge in [-0.15, -0.1) is 4.09 Å². The Balaban J connectivity index is 0.000000145. The minimum atomic E-state index is -4.02. The van der Waals surface area contributed by atoms with Gasteiger partial charge in [-0.3, -0.25) is 9.97 Å². The third-order valence-electron chi connectivity index (χ3n) is 13.3. The molecule has 10 aromatic rings. The average Bonchev–Trinajstić information content (AvgIpc) is 4.33. The molecule has 0 atom stereocenters. The van der Waals surface area contributed by atoms with E-state index in [1.807, 2.05) is 69.3 Å². The molecule has 0 spiro atoms. The number of methoxy groups -OCH3 is 2. The number of ether oxygens (including phenoxy) is 3. The number of para-hydroxylation sites is 2. The summed E-state index contributed by atoms with van der Waals surface area (Å²) in [7, 11) is -4.76. The summed E-state index contributed by atoms with van der Waals surface area (Å²) in [5, 5.41) is 17.2. The molecule has 12 rings (SSSR count). The van der Waals surface area contributed by atoms with Gasteiger partial charge in [0, 0.05) is 123 Å². The number of nitrogens with two attached hydrogens (primary N) is 1. The van der Waals surface area contributed by atoms with E-state index in [9.17, 15) is 21.6 Å². The molecule has 2 saturated heterocycles. The monoisotopic (exact) mass is 1170 g/mol. The lowest BCUT2D eigenvalue weighted by Crippen LogP contribution is -2.50. The van der Waals surface area contributed by atoms with Crippen molar-refractivity contribution < 1.29 is 35.8 Å². The number of nitrogen functional groups attached to an aromatic ring is 1. The summed E-state index contributed by atoms with van der Waals surface area (Å²) in [5.74, 6) is 1.81. The molecule has 4 aromatic carbocycles. The Labute approximate surface area is 477 Å². The van der Waals surface area contributed by atoms with Crippen molar-refractivity contribution in [1.82, 2.24) is 53.5 Å². The first kappa shape index (κ1) is 56.4. The normalized spacial score (nSPS) is 14.0. The van der Waals surface area contributed by atoms with Crippen LogP contribution in [-0.4, -0.2) is 143 Å². The molecule has 4 N–H and O–H groups in total. The van der Waals surface area contributed by atoms with Gasteiger partial charge in [0.05, 0.1) is 59.9 Å². The average molecular weight is 1170 g/mol. The molecule has 1 amide bonds. The van der Waals surface area contributed by atoms with E-state index >= 15 is 0 Å². The van der Waals surface area contributed by atoms with E-state index in [0.29, 0.717) is 63.4 Å². The van der Waals surface area contributed by atoms with Crippen molar-refractivity contribution in [3.8, 4) is 11.5 Å². The number of anilines is 5. The van der Waals surface area contributed by atoms with E-state index < -0.39 is 25.6 Å². The van der Waals surface area contributed by atoms with Gasteiger partial charge in [-0.2, -0.15) is 36.1 Å². The minimum Gasteiger partial charge on any atom is -0.495 e. The van der Waals surface area contributed by atoms with Crippen LogP contribution in [0.3, 0.4) is 0 Å². The zero-order valence-electron chi connectivity index (χ0n) is 45.3. The minimum absolute atomic E-state index is 0.0505. The molecule has 82 heavy (non-hydrogen) atoms. The van der Waals surface area contributed by atoms with Crippen LogP contribution < -0.4 is 35.6 Å². The van der Waals surface area contributed by atoms with Gasteiger partial charge < -0.3 is 45.3 Å². The topological polar surface area (TPSA) is 273 Å². The second kappa shape index (κ2) is 23.7. The van der Waals surface area contributed by atoms with Gasteiger partial charge in [-0.05, 0) is 80.9 Å². The van der Waals surface area contributed by atoms with Crippen molar-refractivity contribution in [3.05, 3.63) is 146 Å². The molecule has 23 nitrogen and oxygen atoms in total. The third-order valence-corrected chi connectivity index (χ3v) is 16.7. The Hall–Kier alpha value is -8.91. The molecule has 2 fully saturated rings. The number of hydrogen-bond acceptors (Lipinski definition) is 20. The molecule has 0 bridgehead atoms. The van der Waals surface area contributed by atoms with Gasteiger partial charge in [0.15, 0.2) is 5.65 Å². The van der Waals surface area contributed by atoms with E-state index in [1.165, 1.54) is 24.7 Å². The van der Waals surface area contributed by atoms with Crippen LogP contribution in [0.5, 0.6) is 11.5 Å². The molecular formula is C56H58ClN15O8S2. The predicted molar refractivity (Wildman–Crippen MR) is 315 cm³/mol. The first-order valence-electron chi connectivity index (χ1n) is 25.9. The molecule has 0 radical (unpaired) electrons. The summed E-state index contributed by atoms with van der Waals surface area (Å²) in [5.41, 5.74) is 10.2. The van der Waals surface area contributed by atoms with E-state index in [1.54, 1.807) is 86.2 Å². The summed E-state index contributed by atoms with van der Waals surface area (Å²) >= 11 is 5.77. The first-order valence-corrected chi connectivity index (χ1v) is 29.1. The zero-order chi connectivity index (χ0) is 57.8.